The van der Waals surface area contributed by atoms with Crippen LogP contribution in [0.25, 0.3) is 0 Å². The minimum Gasteiger partial charge on any atom is -0.481 e. The normalized spacial score (nSPS) is 18.9. The topological polar surface area (TPSA) is 58.6 Å². The van der Waals surface area contributed by atoms with E-state index >= 15 is 0 Å². The first-order valence-electron chi connectivity index (χ1n) is 12.2. The third-order valence-electron chi connectivity index (χ3n) is 6.81. The second kappa shape index (κ2) is 10.7. The Morgan fingerprint density at radius 3 is 2.64 bits per heavy atom. The van der Waals surface area contributed by atoms with Crippen LogP contribution < -0.4 is 10.1 Å². The fourth-order valence-electron chi connectivity index (χ4n) is 5.08. The Labute approximate surface area is 196 Å². The zero-order chi connectivity index (χ0) is 23.2. The van der Waals surface area contributed by atoms with Gasteiger partial charge in [0.2, 0.25) is 5.91 Å². The molecule has 5 nitrogen and oxygen atoms in total. The van der Waals surface area contributed by atoms with Gasteiger partial charge in [0, 0.05) is 19.0 Å². The fraction of sp³-hybridized carbons (Fsp3) is 0.429. The highest BCUT2D eigenvalue weighted by Crippen LogP contribution is 2.39. The highest BCUT2D eigenvalue weighted by molar-refractivity contribution is 5.81. The quantitative estimate of drug-likeness (QED) is 0.592. The van der Waals surface area contributed by atoms with Gasteiger partial charge in [0.15, 0.2) is 6.10 Å². The van der Waals surface area contributed by atoms with E-state index in [0.717, 1.165) is 49.8 Å². The summed E-state index contributed by atoms with van der Waals surface area (Å²) in [5, 5.41) is 2.82. The molecule has 0 unspecified atom stereocenters. The molecule has 2 atom stereocenters. The largest absolute Gasteiger partial charge is 0.481 e. The van der Waals surface area contributed by atoms with E-state index in [-0.39, 0.29) is 23.8 Å². The number of nitrogens with one attached hydrogen (secondary N) is 1. The predicted molar refractivity (Wildman–Crippen MR) is 130 cm³/mol. The summed E-state index contributed by atoms with van der Waals surface area (Å²) in [6.07, 6.45) is 6.74. The molecule has 0 aromatic heterocycles. The second-order valence-corrected chi connectivity index (χ2v) is 8.99. The Bertz CT molecular complexity index is 982. The molecule has 1 fully saturated rings. The molecule has 4 rings (SSSR count). The Hall–Kier alpha value is -3.08. The van der Waals surface area contributed by atoms with Crippen LogP contribution in [0.3, 0.4) is 0 Å². The van der Waals surface area contributed by atoms with Crippen molar-refractivity contribution >= 4 is 11.8 Å². The second-order valence-electron chi connectivity index (χ2n) is 8.99. The van der Waals surface area contributed by atoms with Crippen molar-refractivity contribution in [3.8, 4) is 5.75 Å². The average molecular weight is 447 g/mol. The molecule has 0 saturated heterocycles. The van der Waals surface area contributed by atoms with Crippen molar-refractivity contribution in [2.24, 2.45) is 5.92 Å². The zero-order valence-corrected chi connectivity index (χ0v) is 19.5. The van der Waals surface area contributed by atoms with Crippen LogP contribution in [-0.4, -0.2) is 35.9 Å². The third-order valence-corrected chi connectivity index (χ3v) is 6.81. The molecule has 0 bridgehead atoms. The van der Waals surface area contributed by atoms with Gasteiger partial charge in [-0.05, 0) is 54.5 Å². The van der Waals surface area contributed by atoms with Gasteiger partial charge >= 0.3 is 0 Å². The van der Waals surface area contributed by atoms with Gasteiger partial charge in [0.25, 0.3) is 5.91 Å². The van der Waals surface area contributed by atoms with Gasteiger partial charge in [-0.15, -0.1) is 6.58 Å². The minimum absolute atomic E-state index is 0.134. The van der Waals surface area contributed by atoms with Gasteiger partial charge < -0.3 is 15.0 Å². The summed E-state index contributed by atoms with van der Waals surface area (Å²) in [6, 6.07) is 16.2. The van der Waals surface area contributed by atoms with Crippen molar-refractivity contribution in [2.45, 2.75) is 57.6 Å². The number of carbonyl (C=O) groups excluding carboxylic acids is 2. The van der Waals surface area contributed by atoms with E-state index in [9.17, 15) is 9.59 Å². The Morgan fingerprint density at radius 1 is 1.18 bits per heavy atom. The molecule has 2 aromatic carbocycles. The van der Waals surface area contributed by atoms with Gasteiger partial charge in [0.05, 0.1) is 6.04 Å². The smallest absolute Gasteiger partial charge is 0.261 e. The van der Waals surface area contributed by atoms with Crippen molar-refractivity contribution < 1.29 is 14.3 Å². The lowest BCUT2D eigenvalue weighted by atomic mass is 9.87. The number of ether oxygens (including phenoxy) is 1. The minimum atomic E-state index is -0.571. The van der Waals surface area contributed by atoms with E-state index in [0.29, 0.717) is 18.7 Å². The van der Waals surface area contributed by atoms with Crippen molar-refractivity contribution in [3.05, 3.63) is 77.9 Å². The van der Waals surface area contributed by atoms with Crippen LogP contribution in [0.15, 0.2) is 61.2 Å². The van der Waals surface area contributed by atoms with E-state index in [1.54, 1.807) is 6.08 Å². The SMILES string of the molecule is C=CCNC(=O)[C@H](CC)Oc1ccc2c(c1)[C@@H](c1ccccc1)N(C(=O)C1CCCC1)CC2. The maximum atomic E-state index is 13.5. The molecular weight excluding hydrogens is 412 g/mol. The summed E-state index contributed by atoms with van der Waals surface area (Å²) < 4.78 is 6.12. The lowest BCUT2D eigenvalue weighted by Gasteiger charge is -2.39. The summed E-state index contributed by atoms with van der Waals surface area (Å²) in [4.78, 5) is 28.1. The van der Waals surface area contributed by atoms with Gasteiger partial charge in [0.1, 0.15) is 5.75 Å². The van der Waals surface area contributed by atoms with E-state index in [4.69, 9.17) is 4.74 Å². The van der Waals surface area contributed by atoms with Gasteiger partial charge in [-0.2, -0.15) is 0 Å². The number of hydrogen-bond donors (Lipinski definition) is 1. The van der Waals surface area contributed by atoms with Crippen LogP contribution in [-0.2, 0) is 16.0 Å². The summed E-state index contributed by atoms with van der Waals surface area (Å²) in [6.45, 7) is 6.72. The first kappa shape index (κ1) is 23.1. The number of hydrogen-bond acceptors (Lipinski definition) is 3. The number of amides is 2. The molecule has 2 aromatic rings. The van der Waals surface area contributed by atoms with Crippen LogP contribution in [0.5, 0.6) is 5.75 Å². The number of rotatable bonds is 8. The summed E-state index contributed by atoms with van der Waals surface area (Å²) >= 11 is 0. The molecule has 174 valence electrons. The van der Waals surface area contributed by atoms with Crippen LogP contribution in [0.2, 0.25) is 0 Å². The van der Waals surface area contributed by atoms with Crippen LogP contribution in [0, 0.1) is 5.92 Å². The van der Waals surface area contributed by atoms with Crippen molar-refractivity contribution in [1.29, 1.82) is 0 Å². The zero-order valence-electron chi connectivity index (χ0n) is 19.5. The number of carbonyl (C=O) groups is 2. The lowest BCUT2D eigenvalue weighted by molar-refractivity contribution is -0.137. The molecule has 2 aliphatic rings. The first-order chi connectivity index (χ1) is 16.1. The summed E-state index contributed by atoms with van der Waals surface area (Å²) in [5.41, 5.74) is 3.44. The lowest BCUT2D eigenvalue weighted by Crippen LogP contribution is -2.43. The van der Waals surface area contributed by atoms with Crippen molar-refractivity contribution in [1.82, 2.24) is 10.2 Å². The summed E-state index contributed by atoms with van der Waals surface area (Å²) in [7, 11) is 0. The van der Waals surface area contributed by atoms with Gasteiger partial charge in [-0.25, -0.2) is 0 Å². The van der Waals surface area contributed by atoms with Gasteiger partial charge in [-0.3, -0.25) is 9.59 Å². The molecule has 0 radical (unpaired) electrons. The number of fused-ring (bicyclic) bond motifs is 1. The standard InChI is InChI=1S/C28H34N2O3/c1-3-17-29-27(31)25(4-2)33-23-15-14-20-16-18-30(28(32)22-12-8-9-13-22)26(24(20)19-23)21-10-6-5-7-11-21/h3,5-7,10-11,14-15,19,22,25-26H,1,4,8-9,12-13,16-18H2,2H3,(H,29,31)/t25-,26+/m0/s1. The Morgan fingerprint density at radius 2 is 1.94 bits per heavy atom. The Balaban J connectivity index is 1.65. The molecule has 33 heavy (non-hydrogen) atoms. The molecule has 1 saturated carbocycles. The van der Waals surface area contributed by atoms with Crippen molar-refractivity contribution in [3.63, 3.8) is 0 Å². The first-order valence-corrected chi connectivity index (χ1v) is 12.2. The fourth-order valence-corrected chi connectivity index (χ4v) is 5.08. The third kappa shape index (κ3) is 5.13. The van der Waals surface area contributed by atoms with Gasteiger partial charge in [-0.1, -0.05) is 62.2 Å². The Kier molecular flexibility index (Phi) is 7.48. The highest BCUT2D eigenvalue weighted by atomic mass is 16.5. The molecular formula is C28H34N2O3. The van der Waals surface area contributed by atoms with Crippen molar-refractivity contribution in [2.75, 3.05) is 13.1 Å². The monoisotopic (exact) mass is 446 g/mol. The maximum absolute atomic E-state index is 13.5. The molecule has 2 amide bonds. The number of benzene rings is 2. The molecule has 0 spiro atoms. The highest BCUT2D eigenvalue weighted by Gasteiger charge is 2.36. The summed E-state index contributed by atoms with van der Waals surface area (Å²) in [5.74, 6) is 0.919. The molecule has 1 heterocycles. The van der Waals surface area contributed by atoms with E-state index < -0.39 is 6.10 Å². The molecule has 1 aliphatic heterocycles. The maximum Gasteiger partial charge on any atom is 0.261 e. The average Bonchev–Trinajstić information content (AvgIpc) is 3.40. The molecule has 5 heteroatoms. The predicted octanol–water partition coefficient (Wildman–Crippen LogP) is 4.81. The molecule has 1 aliphatic carbocycles. The van der Waals surface area contributed by atoms with E-state index in [2.05, 4.69) is 35.0 Å². The van der Waals surface area contributed by atoms with Crippen LogP contribution in [0.4, 0.5) is 0 Å². The molecule has 1 N–H and O–H groups in total. The number of nitrogens with zero attached hydrogens (tertiary/aromatic N) is 1. The van der Waals surface area contributed by atoms with E-state index in [1.165, 1.54) is 5.56 Å². The van der Waals surface area contributed by atoms with Crippen LogP contribution in [0.1, 0.15) is 61.8 Å². The van der Waals surface area contributed by atoms with E-state index in [1.807, 2.05) is 37.3 Å². The van der Waals surface area contributed by atoms with Crippen LogP contribution >= 0.6 is 0 Å².